The van der Waals surface area contributed by atoms with Gasteiger partial charge in [-0.1, -0.05) is 0 Å². The van der Waals surface area contributed by atoms with Crippen molar-refractivity contribution in [2.24, 2.45) is 5.92 Å². The number of hydrogen-bond acceptors (Lipinski definition) is 2. The van der Waals surface area contributed by atoms with Crippen molar-refractivity contribution in [3.63, 3.8) is 0 Å². The zero-order chi connectivity index (χ0) is 13.0. The molecule has 1 aromatic carbocycles. The molecule has 1 aromatic rings. The van der Waals surface area contributed by atoms with E-state index in [2.05, 4.69) is 10.6 Å². The topological polar surface area (TPSA) is 41.1 Å². The van der Waals surface area contributed by atoms with E-state index in [4.69, 9.17) is 0 Å². The summed E-state index contributed by atoms with van der Waals surface area (Å²) in [6.07, 6.45) is 2.14. The molecule has 1 atom stereocenters. The van der Waals surface area contributed by atoms with E-state index in [9.17, 15) is 13.6 Å². The van der Waals surface area contributed by atoms with E-state index in [1.807, 2.05) is 0 Å². The molecule has 0 spiro atoms. The number of benzene rings is 1. The van der Waals surface area contributed by atoms with E-state index in [1.54, 1.807) is 0 Å². The van der Waals surface area contributed by atoms with Gasteiger partial charge in [-0.25, -0.2) is 8.78 Å². The first-order chi connectivity index (χ1) is 8.66. The zero-order valence-corrected chi connectivity index (χ0v) is 11.2. The number of hydrogen-bond donors (Lipinski definition) is 2. The summed E-state index contributed by atoms with van der Waals surface area (Å²) in [6.45, 7) is 2.39. The van der Waals surface area contributed by atoms with Crippen LogP contribution in [0.15, 0.2) is 18.2 Å². The monoisotopic (exact) mass is 290 g/mol. The maximum absolute atomic E-state index is 13.4. The van der Waals surface area contributed by atoms with Crippen molar-refractivity contribution in [1.29, 1.82) is 0 Å². The lowest BCUT2D eigenvalue weighted by atomic mass is 9.99. The number of nitrogens with one attached hydrogen (secondary N) is 2. The minimum absolute atomic E-state index is 0. The van der Waals surface area contributed by atoms with Crippen molar-refractivity contribution in [3.8, 4) is 0 Å². The molecular formula is C13H17ClF2N2O. The first-order valence-corrected chi connectivity index (χ1v) is 6.11. The minimum Gasteiger partial charge on any atom is -0.352 e. The summed E-state index contributed by atoms with van der Waals surface area (Å²) in [4.78, 5) is 11.7. The fourth-order valence-corrected chi connectivity index (χ4v) is 2.10. The molecule has 0 aromatic heterocycles. The van der Waals surface area contributed by atoms with E-state index in [1.165, 1.54) is 6.07 Å². The molecule has 0 radical (unpaired) electrons. The summed E-state index contributed by atoms with van der Waals surface area (Å²) >= 11 is 0. The van der Waals surface area contributed by atoms with E-state index < -0.39 is 17.5 Å². The van der Waals surface area contributed by atoms with Gasteiger partial charge in [-0.15, -0.1) is 12.4 Å². The molecule has 0 bridgehead atoms. The van der Waals surface area contributed by atoms with Crippen molar-refractivity contribution >= 4 is 18.3 Å². The van der Waals surface area contributed by atoms with Crippen LogP contribution in [0.2, 0.25) is 0 Å². The molecule has 1 heterocycles. The molecule has 1 aliphatic rings. The summed E-state index contributed by atoms with van der Waals surface area (Å²) in [5, 5.41) is 5.93. The van der Waals surface area contributed by atoms with Gasteiger partial charge in [0.25, 0.3) is 5.91 Å². The number of piperidine rings is 1. The molecule has 2 rings (SSSR count). The predicted molar refractivity (Wildman–Crippen MR) is 71.5 cm³/mol. The maximum atomic E-state index is 13.4. The van der Waals surface area contributed by atoms with Crippen molar-refractivity contribution in [2.45, 2.75) is 12.8 Å². The third kappa shape index (κ3) is 4.44. The Labute approximate surface area is 117 Å². The van der Waals surface area contributed by atoms with Crippen LogP contribution in [0.25, 0.3) is 0 Å². The van der Waals surface area contributed by atoms with Gasteiger partial charge in [-0.2, -0.15) is 0 Å². The number of halogens is 3. The largest absolute Gasteiger partial charge is 0.352 e. The van der Waals surface area contributed by atoms with Crippen molar-refractivity contribution in [1.82, 2.24) is 10.6 Å². The second-order valence-electron chi connectivity index (χ2n) is 4.55. The van der Waals surface area contributed by atoms with Crippen LogP contribution < -0.4 is 10.6 Å². The van der Waals surface area contributed by atoms with Crippen molar-refractivity contribution in [3.05, 3.63) is 35.4 Å². The normalized spacial score (nSPS) is 18.5. The van der Waals surface area contributed by atoms with Gasteiger partial charge in [-0.05, 0) is 44.0 Å². The third-order valence-electron chi connectivity index (χ3n) is 3.13. The van der Waals surface area contributed by atoms with E-state index in [0.29, 0.717) is 12.5 Å². The highest BCUT2D eigenvalue weighted by molar-refractivity contribution is 5.94. The molecule has 6 heteroatoms. The summed E-state index contributed by atoms with van der Waals surface area (Å²) in [7, 11) is 0. The SMILES string of the molecule is Cl.O=C(NCC1CCCNC1)c1ccc(F)cc1F. The first-order valence-electron chi connectivity index (χ1n) is 6.11. The minimum atomic E-state index is -0.825. The van der Waals surface area contributed by atoms with Crippen molar-refractivity contribution < 1.29 is 13.6 Å². The van der Waals surface area contributed by atoms with E-state index >= 15 is 0 Å². The quantitative estimate of drug-likeness (QED) is 0.895. The lowest BCUT2D eigenvalue weighted by molar-refractivity contribution is 0.0940. The van der Waals surface area contributed by atoms with Crippen LogP contribution in [0.5, 0.6) is 0 Å². The van der Waals surface area contributed by atoms with Crippen molar-refractivity contribution in [2.75, 3.05) is 19.6 Å². The van der Waals surface area contributed by atoms with Crippen LogP contribution in [0.3, 0.4) is 0 Å². The Morgan fingerprint density at radius 3 is 2.84 bits per heavy atom. The number of carbonyl (C=O) groups is 1. The maximum Gasteiger partial charge on any atom is 0.254 e. The van der Waals surface area contributed by atoms with Gasteiger partial charge in [0.15, 0.2) is 0 Å². The van der Waals surface area contributed by atoms with Crippen LogP contribution in [-0.4, -0.2) is 25.5 Å². The van der Waals surface area contributed by atoms with Gasteiger partial charge in [0.1, 0.15) is 11.6 Å². The lowest BCUT2D eigenvalue weighted by Crippen LogP contribution is -2.38. The summed E-state index contributed by atoms with van der Waals surface area (Å²) < 4.78 is 26.1. The molecule has 106 valence electrons. The highest BCUT2D eigenvalue weighted by atomic mass is 35.5. The molecule has 2 N–H and O–H groups in total. The van der Waals surface area contributed by atoms with E-state index in [-0.39, 0.29) is 18.0 Å². The number of rotatable bonds is 3. The Morgan fingerprint density at radius 1 is 1.42 bits per heavy atom. The Balaban J connectivity index is 0.00000180. The lowest BCUT2D eigenvalue weighted by Gasteiger charge is -2.22. The van der Waals surface area contributed by atoms with Crippen LogP contribution in [-0.2, 0) is 0 Å². The second-order valence-corrected chi connectivity index (χ2v) is 4.55. The Bertz CT molecular complexity index is 437. The standard InChI is InChI=1S/C13H16F2N2O.ClH/c14-10-3-4-11(12(15)6-10)13(18)17-8-9-2-1-5-16-7-9;/h3-4,6,9,16H,1-2,5,7-8H2,(H,17,18);1H. The smallest absolute Gasteiger partial charge is 0.254 e. The molecule has 1 aliphatic heterocycles. The molecule has 1 amide bonds. The Morgan fingerprint density at radius 2 is 2.21 bits per heavy atom. The average molecular weight is 291 g/mol. The molecule has 19 heavy (non-hydrogen) atoms. The predicted octanol–water partition coefficient (Wildman–Crippen LogP) is 2.12. The highest BCUT2D eigenvalue weighted by Gasteiger charge is 2.16. The molecule has 1 fully saturated rings. The van der Waals surface area contributed by atoms with Crippen LogP contribution in [0, 0.1) is 17.6 Å². The highest BCUT2D eigenvalue weighted by Crippen LogP contribution is 2.11. The molecule has 1 saturated heterocycles. The molecule has 3 nitrogen and oxygen atoms in total. The Hall–Kier alpha value is -1.20. The Kier molecular flexibility index (Phi) is 6.18. The van der Waals surface area contributed by atoms with Gasteiger partial charge in [0.05, 0.1) is 5.56 Å². The number of carbonyl (C=O) groups excluding carboxylic acids is 1. The second kappa shape index (κ2) is 7.40. The summed E-state index contributed by atoms with van der Waals surface area (Å²) in [5.41, 5.74) is -0.111. The van der Waals surface area contributed by atoms with Crippen LogP contribution >= 0.6 is 12.4 Å². The van der Waals surface area contributed by atoms with Gasteiger partial charge in [0.2, 0.25) is 0 Å². The molecule has 1 unspecified atom stereocenters. The van der Waals surface area contributed by atoms with E-state index in [0.717, 1.165) is 38.1 Å². The molecule has 0 saturated carbocycles. The summed E-state index contributed by atoms with van der Waals surface area (Å²) in [5.74, 6) is -1.61. The fourth-order valence-electron chi connectivity index (χ4n) is 2.10. The first kappa shape index (κ1) is 15.9. The number of amides is 1. The molecule has 0 aliphatic carbocycles. The molecular weight excluding hydrogens is 274 g/mol. The van der Waals surface area contributed by atoms with Crippen LogP contribution in [0.4, 0.5) is 8.78 Å². The summed E-state index contributed by atoms with van der Waals surface area (Å²) in [6, 6.07) is 2.97. The van der Waals surface area contributed by atoms with Gasteiger partial charge in [0, 0.05) is 12.6 Å². The van der Waals surface area contributed by atoms with Gasteiger partial charge >= 0.3 is 0 Å². The van der Waals surface area contributed by atoms with Crippen LogP contribution in [0.1, 0.15) is 23.2 Å². The fraction of sp³-hybridized carbons (Fsp3) is 0.462. The van der Waals surface area contributed by atoms with Gasteiger partial charge in [-0.3, -0.25) is 4.79 Å². The average Bonchev–Trinajstić information content (AvgIpc) is 2.37. The van der Waals surface area contributed by atoms with Gasteiger partial charge < -0.3 is 10.6 Å². The third-order valence-corrected chi connectivity index (χ3v) is 3.13. The zero-order valence-electron chi connectivity index (χ0n) is 10.4.